The summed E-state index contributed by atoms with van der Waals surface area (Å²) in [5, 5.41) is 14.7. The van der Waals surface area contributed by atoms with Gasteiger partial charge in [0.25, 0.3) is 0 Å². The molecule has 0 spiro atoms. The number of nitrogens with zero attached hydrogens (tertiary/aromatic N) is 4. The third-order valence-corrected chi connectivity index (χ3v) is 6.19. The Balaban J connectivity index is 1.63. The summed E-state index contributed by atoms with van der Waals surface area (Å²) >= 11 is 6.65. The molecule has 2 aromatic carbocycles. The highest BCUT2D eigenvalue weighted by Gasteiger charge is 2.28. The predicted molar refractivity (Wildman–Crippen MR) is 128 cm³/mol. The molecule has 0 aliphatic heterocycles. The van der Waals surface area contributed by atoms with Crippen molar-refractivity contribution in [2.45, 2.75) is 19.3 Å². The van der Waals surface area contributed by atoms with Crippen molar-refractivity contribution in [3.05, 3.63) is 106 Å². The van der Waals surface area contributed by atoms with Crippen LogP contribution in [0.4, 0.5) is 0 Å². The van der Waals surface area contributed by atoms with Gasteiger partial charge >= 0.3 is 0 Å². The molecule has 0 radical (unpaired) electrons. The maximum atomic E-state index is 6.65. The monoisotopic (exact) mass is 439 g/mol. The summed E-state index contributed by atoms with van der Waals surface area (Å²) in [6.07, 6.45) is 11.0. The molecule has 2 heterocycles. The van der Waals surface area contributed by atoms with Crippen LogP contribution in [0, 0.1) is 5.92 Å². The minimum atomic E-state index is 0.489. The highest BCUT2D eigenvalue weighted by molar-refractivity contribution is 6.32. The molecule has 4 aromatic rings. The van der Waals surface area contributed by atoms with Gasteiger partial charge in [-0.15, -0.1) is 10.2 Å². The number of rotatable bonds is 6. The summed E-state index contributed by atoms with van der Waals surface area (Å²) in [6.45, 7) is 0. The number of H-pyrrole nitrogens is 1. The van der Waals surface area contributed by atoms with Gasteiger partial charge in [0.05, 0.1) is 5.02 Å². The molecule has 0 unspecified atom stereocenters. The van der Waals surface area contributed by atoms with E-state index in [0.717, 1.165) is 11.1 Å². The van der Waals surface area contributed by atoms with Gasteiger partial charge < -0.3 is 0 Å². The third-order valence-electron chi connectivity index (χ3n) is 5.89. The lowest BCUT2D eigenvalue weighted by molar-refractivity contribution is 0.401. The van der Waals surface area contributed by atoms with E-state index in [2.05, 4.69) is 80.2 Å². The fraction of sp³-hybridized carbons (Fsp3) is 0.154. The number of halogens is 1. The van der Waals surface area contributed by atoms with Crippen LogP contribution in [-0.2, 0) is 0 Å². The summed E-state index contributed by atoms with van der Waals surface area (Å²) < 4.78 is 0. The van der Waals surface area contributed by atoms with Gasteiger partial charge in [-0.05, 0) is 64.0 Å². The molecule has 1 aliphatic carbocycles. The first kappa shape index (κ1) is 20.3. The number of aromatic nitrogens is 5. The number of allylic oxidation sites excluding steroid dienone is 1. The SMILES string of the molecule is Clc1cnccc1/C(=C(\c1ccccc1)c1ccc(/C=C/c2nn[nH]n2)cc1)C1CCC1. The Labute approximate surface area is 191 Å². The van der Waals surface area contributed by atoms with E-state index in [-0.39, 0.29) is 0 Å². The van der Waals surface area contributed by atoms with Gasteiger partial charge in [-0.25, -0.2) is 0 Å². The van der Waals surface area contributed by atoms with Gasteiger partial charge in [-0.3, -0.25) is 4.98 Å². The Morgan fingerprint density at radius 2 is 1.72 bits per heavy atom. The van der Waals surface area contributed by atoms with E-state index in [1.807, 2.05) is 24.4 Å². The quantitative estimate of drug-likeness (QED) is 0.389. The summed E-state index contributed by atoms with van der Waals surface area (Å²) in [4.78, 5) is 4.21. The Bertz CT molecular complexity index is 1240. The molecule has 1 fully saturated rings. The molecule has 6 heteroatoms. The first-order valence-electron chi connectivity index (χ1n) is 10.7. The van der Waals surface area contributed by atoms with E-state index in [9.17, 15) is 0 Å². The Morgan fingerprint density at radius 1 is 0.938 bits per heavy atom. The molecule has 1 saturated carbocycles. The Kier molecular flexibility index (Phi) is 5.90. The number of pyridine rings is 1. The number of hydrogen-bond donors (Lipinski definition) is 1. The Hall–Kier alpha value is -3.57. The van der Waals surface area contributed by atoms with Gasteiger partial charge in [-0.2, -0.15) is 5.21 Å². The van der Waals surface area contributed by atoms with Crippen molar-refractivity contribution in [2.24, 2.45) is 5.92 Å². The molecule has 0 bridgehead atoms. The van der Waals surface area contributed by atoms with Crippen molar-refractivity contribution in [1.29, 1.82) is 0 Å². The molecule has 32 heavy (non-hydrogen) atoms. The fourth-order valence-corrected chi connectivity index (χ4v) is 4.32. The van der Waals surface area contributed by atoms with Crippen LogP contribution in [-0.4, -0.2) is 25.6 Å². The molecule has 158 valence electrons. The first-order valence-corrected chi connectivity index (χ1v) is 11.1. The average molecular weight is 440 g/mol. The summed E-state index contributed by atoms with van der Waals surface area (Å²) in [5.41, 5.74) is 7.05. The summed E-state index contributed by atoms with van der Waals surface area (Å²) in [5.74, 6) is 1.04. The topological polar surface area (TPSA) is 67.3 Å². The first-order chi connectivity index (χ1) is 15.8. The summed E-state index contributed by atoms with van der Waals surface area (Å²) in [6, 6.07) is 21.2. The molecule has 0 saturated heterocycles. The Morgan fingerprint density at radius 3 is 2.38 bits per heavy atom. The zero-order valence-corrected chi connectivity index (χ0v) is 18.2. The van der Waals surface area contributed by atoms with Crippen LogP contribution < -0.4 is 0 Å². The van der Waals surface area contributed by atoms with Crippen LogP contribution in [0.1, 0.15) is 47.3 Å². The van der Waals surface area contributed by atoms with E-state index in [4.69, 9.17) is 11.6 Å². The number of tetrazole rings is 1. The molecular formula is C26H22ClN5. The van der Waals surface area contributed by atoms with Crippen molar-refractivity contribution in [1.82, 2.24) is 25.6 Å². The second kappa shape index (κ2) is 9.28. The van der Waals surface area contributed by atoms with E-state index >= 15 is 0 Å². The van der Waals surface area contributed by atoms with Gasteiger partial charge in [0.1, 0.15) is 0 Å². The minimum Gasteiger partial charge on any atom is -0.263 e. The molecule has 1 N–H and O–H groups in total. The zero-order chi connectivity index (χ0) is 21.8. The lowest BCUT2D eigenvalue weighted by Gasteiger charge is -2.32. The molecule has 5 nitrogen and oxygen atoms in total. The predicted octanol–water partition coefficient (Wildman–Crippen LogP) is 6.18. The second-order valence-electron chi connectivity index (χ2n) is 7.86. The molecule has 0 amide bonds. The standard InChI is InChI=1S/C26H22ClN5/c27-23-17-28-16-15-22(23)26(20-7-4-8-20)25(19-5-2-1-3-6-19)21-12-9-18(10-13-21)11-14-24-29-31-32-30-24/h1-3,5-6,9-17,20H,4,7-8H2,(H,29,30,31,32)/b14-11+,26-25+. The van der Waals surface area contributed by atoms with Gasteiger partial charge in [0.2, 0.25) is 0 Å². The van der Waals surface area contributed by atoms with Crippen molar-refractivity contribution in [3.8, 4) is 0 Å². The van der Waals surface area contributed by atoms with Crippen molar-refractivity contribution in [2.75, 3.05) is 0 Å². The molecule has 1 aliphatic rings. The minimum absolute atomic E-state index is 0.489. The van der Waals surface area contributed by atoms with Crippen LogP contribution in [0.2, 0.25) is 5.02 Å². The molecule has 0 atom stereocenters. The fourth-order valence-electron chi connectivity index (χ4n) is 4.10. The van der Waals surface area contributed by atoms with Crippen LogP contribution in [0.25, 0.3) is 23.3 Å². The third kappa shape index (κ3) is 4.25. The van der Waals surface area contributed by atoms with Crippen LogP contribution in [0.15, 0.2) is 73.1 Å². The van der Waals surface area contributed by atoms with Gasteiger partial charge in [-0.1, -0.05) is 78.7 Å². The van der Waals surface area contributed by atoms with E-state index in [0.29, 0.717) is 16.8 Å². The van der Waals surface area contributed by atoms with E-state index in [1.165, 1.54) is 41.5 Å². The van der Waals surface area contributed by atoms with E-state index in [1.54, 1.807) is 6.20 Å². The molecular weight excluding hydrogens is 418 g/mol. The zero-order valence-electron chi connectivity index (χ0n) is 17.4. The average Bonchev–Trinajstić information content (AvgIpc) is 3.32. The van der Waals surface area contributed by atoms with Crippen molar-refractivity contribution < 1.29 is 0 Å². The van der Waals surface area contributed by atoms with Crippen molar-refractivity contribution in [3.63, 3.8) is 0 Å². The van der Waals surface area contributed by atoms with Crippen LogP contribution in [0.5, 0.6) is 0 Å². The highest BCUT2D eigenvalue weighted by atomic mass is 35.5. The summed E-state index contributed by atoms with van der Waals surface area (Å²) in [7, 11) is 0. The lowest BCUT2D eigenvalue weighted by atomic mass is 9.73. The number of hydrogen-bond acceptors (Lipinski definition) is 4. The van der Waals surface area contributed by atoms with Crippen LogP contribution in [0.3, 0.4) is 0 Å². The van der Waals surface area contributed by atoms with Gasteiger partial charge in [0, 0.05) is 18.0 Å². The highest BCUT2D eigenvalue weighted by Crippen LogP contribution is 2.46. The number of benzene rings is 2. The number of aromatic amines is 1. The largest absolute Gasteiger partial charge is 0.263 e. The van der Waals surface area contributed by atoms with E-state index < -0.39 is 0 Å². The lowest BCUT2D eigenvalue weighted by Crippen LogP contribution is -2.15. The number of nitrogens with one attached hydrogen (secondary N) is 1. The second-order valence-corrected chi connectivity index (χ2v) is 8.27. The maximum Gasteiger partial charge on any atom is 0.197 e. The van der Waals surface area contributed by atoms with Crippen LogP contribution >= 0.6 is 11.6 Å². The molecule has 2 aromatic heterocycles. The molecule has 5 rings (SSSR count). The van der Waals surface area contributed by atoms with Crippen molar-refractivity contribution >= 4 is 34.9 Å². The van der Waals surface area contributed by atoms with Gasteiger partial charge in [0.15, 0.2) is 5.82 Å². The smallest absolute Gasteiger partial charge is 0.197 e. The normalized spacial score (nSPS) is 14.9. The maximum absolute atomic E-state index is 6.65.